The van der Waals surface area contributed by atoms with Crippen molar-refractivity contribution >= 4 is 5.91 Å². The third-order valence-electron chi connectivity index (χ3n) is 0.388. The smallest absolute Gasteiger partial charge is 0.0746 e. The summed E-state index contributed by atoms with van der Waals surface area (Å²) in [7, 11) is 0. The van der Waals surface area contributed by atoms with E-state index in [1.165, 1.54) is 6.92 Å². The fourth-order valence-electron chi connectivity index (χ4n) is 0. The van der Waals surface area contributed by atoms with Gasteiger partial charge in [0, 0.05) is 32.7 Å². The molecule has 0 atom stereocenters. The van der Waals surface area contributed by atoms with Crippen LogP contribution in [0.25, 0.3) is 5.73 Å². The van der Waals surface area contributed by atoms with Gasteiger partial charge in [0.2, 0.25) is 0 Å². The molecule has 0 aromatic rings. The Morgan fingerprint density at radius 3 is 1.86 bits per heavy atom. The molecule has 1 amide bonds. The number of rotatable bonds is 1. The van der Waals surface area contributed by atoms with Crippen LogP contribution in [0, 0.1) is 0 Å². The number of hydrogen-bond donors (Lipinski definition) is 0. The van der Waals surface area contributed by atoms with Gasteiger partial charge < -0.3 is 10.5 Å². The first-order valence-electron chi connectivity index (χ1n) is 1.56. The van der Waals surface area contributed by atoms with Crippen molar-refractivity contribution in [1.29, 1.82) is 0 Å². The molecule has 1 N–H and O–H groups in total. The molecule has 0 fully saturated rings. The summed E-state index contributed by atoms with van der Waals surface area (Å²) in [6.45, 7) is 4.73. The van der Waals surface area contributed by atoms with E-state index >= 15 is 0 Å². The molecule has 2 nitrogen and oxygen atoms in total. The van der Waals surface area contributed by atoms with Crippen LogP contribution in [0.1, 0.15) is 6.92 Å². The number of hydrogen-bond acceptors (Lipinski definition) is 1. The van der Waals surface area contributed by atoms with Crippen molar-refractivity contribution in [1.82, 2.24) is 0 Å². The van der Waals surface area contributed by atoms with E-state index in [1.54, 1.807) is 0 Å². The standard InChI is InChI=1S/C4H7NO.Y/c1-3(2)4(5)6;/h1H2,2H3,(H2,5,6);/p-1. The first kappa shape index (κ1) is 10.3. The fourth-order valence-corrected chi connectivity index (χ4v) is 0. The van der Waals surface area contributed by atoms with Crippen molar-refractivity contribution in [3.63, 3.8) is 0 Å². The van der Waals surface area contributed by atoms with Crippen LogP contribution in [0.3, 0.4) is 0 Å². The Morgan fingerprint density at radius 2 is 1.86 bits per heavy atom. The van der Waals surface area contributed by atoms with Crippen LogP contribution in [0.15, 0.2) is 12.2 Å². The molecule has 1 radical (unpaired) electrons. The predicted octanol–water partition coefficient (Wildman–Crippen LogP) is 1.14. The molecular formula is C4H6NOY-. The van der Waals surface area contributed by atoms with Crippen molar-refractivity contribution in [2.75, 3.05) is 0 Å². The second kappa shape index (κ2) is 4.47. The van der Waals surface area contributed by atoms with Crippen molar-refractivity contribution in [2.45, 2.75) is 6.92 Å². The molecule has 0 heterocycles. The summed E-state index contributed by atoms with van der Waals surface area (Å²) in [6.07, 6.45) is 0. The van der Waals surface area contributed by atoms with Gasteiger partial charge in [-0.2, -0.15) is 0 Å². The minimum absolute atomic E-state index is 0. The van der Waals surface area contributed by atoms with Crippen LogP contribution < -0.4 is 0 Å². The maximum absolute atomic E-state index is 9.71. The van der Waals surface area contributed by atoms with E-state index in [0.717, 1.165) is 0 Å². The van der Waals surface area contributed by atoms with E-state index in [4.69, 9.17) is 5.73 Å². The number of amides is 1. The number of carbonyl (C=O) groups is 1. The summed E-state index contributed by atoms with van der Waals surface area (Å²) >= 11 is 0. The van der Waals surface area contributed by atoms with E-state index in [1.807, 2.05) is 0 Å². The summed E-state index contributed by atoms with van der Waals surface area (Å²) < 4.78 is 0. The van der Waals surface area contributed by atoms with Crippen LogP contribution in [-0.2, 0) is 37.5 Å². The van der Waals surface area contributed by atoms with Crippen LogP contribution >= 0.6 is 0 Å². The molecule has 0 rings (SSSR count). The molecule has 0 aromatic heterocycles. The Kier molecular flexibility index (Phi) is 6.60. The van der Waals surface area contributed by atoms with Gasteiger partial charge in [0.25, 0.3) is 0 Å². The molecule has 7 heavy (non-hydrogen) atoms. The third-order valence-corrected chi connectivity index (χ3v) is 0.388. The minimum atomic E-state index is -0.685. The van der Waals surface area contributed by atoms with E-state index in [2.05, 4.69) is 6.58 Å². The maximum atomic E-state index is 9.71. The van der Waals surface area contributed by atoms with Crippen LogP contribution in [0.2, 0.25) is 0 Å². The van der Waals surface area contributed by atoms with Crippen LogP contribution in [0.4, 0.5) is 0 Å². The maximum Gasteiger partial charge on any atom is 0.0746 e. The number of carbonyl (C=O) groups excluding carboxylic acids is 1. The molecule has 37 valence electrons. The quantitative estimate of drug-likeness (QED) is 0.548. The summed E-state index contributed by atoms with van der Waals surface area (Å²) in [5.74, 6) is -0.685. The summed E-state index contributed by atoms with van der Waals surface area (Å²) in [5, 5.41) is 0. The average molecular weight is 173 g/mol. The van der Waals surface area contributed by atoms with Gasteiger partial charge in [0.1, 0.15) is 0 Å². The van der Waals surface area contributed by atoms with Gasteiger partial charge >= 0.3 is 0 Å². The fraction of sp³-hybridized carbons (Fsp3) is 0.250. The van der Waals surface area contributed by atoms with E-state index in [9.17, 15) is 4.79 Å². The predicted molar refractivity (Wildman–Crippen MR) is 24.1 cm³/mol. The van der Waals surface area contributed by atoms with Gasteiger partial charge in [-0.25, -0.2) is 0 Å². The van der Waals surface area contributed by atoms with E-state index < -0.39 is 5.91 Å². The molecule has 0 saturated carbocycles. The molecular weight excluding hydrogens is 167 g/mol. The zero-order valence-electron chi connectivity index (χ0n) is 4.19. The zero-order valence-corrected chi connectivity index (χ0v) is 7.03. The Labute approximate surface area is 68.0 Å². The largest absolute Gasteiger partial charge is 0.664 e. The zero-order chi connectivity index (χ0) is 5.15. The Bertz CT molecular complexity index is 77.7. The molecule has 0 unspecified atom stereocenters. The van der Waals surface area contributed by atoms with Crippen molar-refractivity contribution in [3.8, 4) is 0 Å². The summed E-state index contributed by atoms with van der Waals surface area (Å²) in [6, 6.07) is 0. The SMILES string of the molecule is C=C(C)C([NH-])=O.[Y]. The Hall–Kier alpha value is 0.314. The molecule has 0 aliphatic heterocycles. The van der Waals surface area contributed by atoms with Gasteiger partial charge in [-0.15, -0.1) is 0 Å². The third kappa shape index (κ3) is 6.31. The second-order valence-corrected chi connectivity index (χ2v) is 1.11. The Morgan fingerprint density at radius 1 is 1.71 bits per heavy atom. The molecule has 0 spiro atoms. The molecule has 0 bridgehead atoms. The van der Waals surface area contributed by atoms with E-state index in [0.29, 0.717) is 0 Å². The average Bonchev–Trinajstić information content (AvgIpc) is 1.36. The summed E-state index contributed by atoms with van der Waals surface area (Å²) in [4.78, 5) is 9.71. The van der Waals surface area contributed by atoms with Gasteiger partial charge in [-0.3, -0.25) is 0 Å². The molecule has 0 saturated heterocycles. The van der Waals surface area contributed by atoms with Crippen molar-refractivity contribution in [2.24, 2.45) is 0 Å². The van der Waals surface area contributed by atoms with Gasteiger partial charge in [0.15, 0.2) is 0 Å². The molecule has 0 aromatic carbocycles. The first-order chi connectivity index (χ1) is 2.64. The van der Waals surface area contributed by atoms with Gasteiger partial charge in [-0.1, -0.05) is 6.58 Å². The van der Waals surface area contributed by atoms with E-state index in [-0.39, 0.29) is 38.3 Å². The normalized spacial score (nSPS) is 6.43. The van der Waals surface area contributed by atoms with Crippen molar-refractivity contribution < 1.29 is 37.5 Å². The molecule has 0 aliphatic rings. The molecule has 0 aliphatic carbocycles. The van der Waals surface area contributed by atoms with Crippen LogP contribution in [0.5, 0.6) is 0 Å². The second-order valence-electron chi connectivity index (χ2n) is 1.11. The number of nitrogens with one attached hydrogen (secondary N) is 1. The topological polar surface area (TPSA) is 40.9 Å². The summed E-state index contributed by atoms with van der Waals surface area (Å²) in [5.41, 5.74) is 6.58. The van der Waals surface area contributed by atoms with Gasteiger partial charge in [0.05, 0.1) is 5.91 Å². The van der Waals surface area contributed by atoms with Gasteiger partial charge in [-0.05, 0) is 12.5 Å². The first-order valence-corrected chi connectivity index (χ1v) is 1.56. The monoisotopic (exact) mass is 173 g/mol. The molecule has 3 heteroatoms. The van der Waals surface area contributed by atoms with Crippen molar-refractivity contribution in [3.05, 3.63) is 17.9 Å². The Balaban J connectivity index is 0. The van der Waals surface area contributed by atoms with Crippen LogP contribution in [-0.4, -0.2) is 5.91 Å². The minimum Gasteiger partial charge on any atom is -0.664 e.